The molecule has 1 aromatic heterocycles. The first kappa shape index (κ1) is 15.4. The number of carboxylic acids is 1. The van der Waals surface area contributed by atoms with Crippen LogP contribution in [-0.2, 0) is 9.59 Å². The highest BCUT2D eigenvalue weighted by atomic mass is 32.1. The van der Waals surface area contributed by atoms with Crippen molar-refractivity contribution in [3.63, 3.8) is 0 Å². The normalized spacial score (nSPS) is 12.8. The molecule has 19 heavy (non-hydrogen) atoms. The molecule has 1 amide bonds. The number of aryl methyl sites for hydroxylation is 1. The zero-order valence-electron chi connectivity index (χ0n) is 11.2. The van der Waals surface area contributed by atoms with Crippen LogP contribution in [-0.4, -0.2) is 28.5 Å². The van der Waals surface area contributed by atoms with Gasteiger partial charge in [0.15, 0.2) is 0 Å². The Labute approximate surface area is 116 Å². The number of aromatic nitrogens is 1. The van der Waals surface area contributed by atoms with E-state index in [9.17, 15) is 9.59 Å². The molecule has 0 aliphatic rings. The number of aliphatic carboxylic acids is 1. The summed E-state index contributed by atoms with van der Waals surface area (Å²) in [6.45, 7) is 5.66. The minimum absolute atomic E-state index is 0.0250. The number of hydrogen-bond donors (Lipinski definition) is 2. The van der Waals surface area contributed by atoms with Crippen LogP contribution in [0.2, 0.25) is 0 Å². The maximum Gasteiger partial charge on any atom is 0.308 e. The molecule has 2 N–H and O–H groups in total. The van der Waals surface area contributed by atoms with E-state index in [1.807, 2.05) is 26.2 Å². The zero-order valence-corrected chi connectivity index (χ0v) is 12.0. The Balaban J connectivity index is 2.47. The van der Waals surface area contributed by atoms with Gasteiger partial charge in [0.2, 0.25) is 5.91 Å². The SMILES string of the molecule is Cc1nc(C=CC(=O)NCC(C(=O)O)C(C)C)cs1. The summed E-state index contributed by atoms with van der Waals surface area (Å²) in [5.41, 5.74) is 0.733. The first-order valence-electron chi connectivity index (χ1n) is 6.01. The third-order valence-electron chi connectivity index (χ3n) is 2.66. The van der Waals surface area contributed by atoms with Gasteiger partial charge in [0, 0.05) is 18.0 Å². The Hall–Kier alpha value is -1.69. The molecule has 0 saturated carbocycles. The van der Waals surface area contributed by atoms with Crippen LogP contribution >= 0.6 is 11.3 Å². The van der Waals surface area contributed by atoms with Crippen molar-refractivity contribution in [2.45, 2.75) is 20.8 Å². The molecule has 1 aromatic rings. The Kier molecular flexibility index (Phi) is 5.69. The summed E-state index contributed by atoms with van der Waals surface area (Å²) in [6.07, 6.45) is 2.98. The van der Waals surface area contributed by atoms with Gasteiger partial charge in [-0.2, -0.15) is 0 Å². The maximum absolute atomic E-state index is 11.6. The van der Waals surface area contributed by atoms with Crippen molar-refractivity contribution in [1.29, 1.82) is 0 Å². The monoisotopic (exact) mass is 282 g/mol. The van der Waals surface area contributed by atoms with Crippen molar-refractivity contribution >= 4 is 29.3 Å². The minimum Gasteiger partial charge on any atom is -0.481 e. The molecule has 0 spiro atoms. The fourth-order valence-electron chi connectivity index (χ4n) is 1.50. The van der Waals surface area contributed by atoms with E-state index in [0.29, 0.717) is 0 Å². The van der Waals surface area contributed by atoms with Crippen LogP contribution in [0.1, 0.15) is 24.5 Å². The molecule has 1 rings (SSSR count). The second-order valence-electron chi connectivity index (χ2n) is 4.56. The maximum atomic E-state index is 11.6. The van der Waals surface area contributed by atoms with Crippen LogP contribution in [0.15, 0.2) is 11.5 Å². The first-order chi connectivity index (χ1) is 8.90. The molecule has 6 heteroatoms. The second kappa shape index (κ2) is 7.04. The van der Waals surface area contributed by atoms with Gasteiger partial charge in [0.1, 0.15) is 0 Å². The van der Waals surface area contributed by atoms with Crippen LogP contribution in [0.4, 0.5) is 0 Å². The van der Waals surface area contributed by atoms with E-state index in [0.717, 1.165) is 10.7 Å². The smallest absolute Gasteiger partial charge is 0.308 e. The van der Waals surface area contributed by atoms with E-state index in [1.165, 1.54) is 17.4 Å². The molecule has 0 saturated heterocycles. The highest BCUT2D eigenvalue weighted by Gasteiger charge is 2.21. The van der Waals surface area contributed by atoms with E-state index in [4.69, 9.17) is 5.11 Å². The first-order valence-corrected chi connectivity index (χ1v) is 6.89. The summed E-state index contributed by atoms with van der Waals surface area (Å²) in [5.74, 6) is -1.80. The zero-order chi connectivity index (χ0) is 14.4. The van der Waals surface area contributed by atoms with Crippen LogP contribution in [0.3, 0.4) is 0 Å². The molecule has 1 atom stereocenters. The molecule has 0 bridgehead atoms. The fourth-order valence-corrected chi connectivity index (χ4v) is 2.08. The standard InChI is InChI=1S/C13H18N2O3S/c1-8(2)11(13(17)18)6-14-12(16)5-4-10-7-19-9(3)15-10/h4-5,7-8,11H,6H2,1-3H3,(H,14,16)(H,17,18). The largest absolute Gasteiger partial charge is 0.481 e. The average Bonchev–Trinajstić information content (AvgIpc) is 2.71. The number of carbonyl (C=O) groups is 2. The van der Waals surface area contributed by atoms with Crippen LogP contribution < -0.4 is 5.32 Å². The lowest BCUT2D eigenvalue weighted by Gasteiger charge is -2.15. The van der Waals surface area contributed by atoms with E-state index < -0.39 is 11.9 Å². The van der Waals surface area contributed by atoms with Gasteiger partial charge < -0.3 is 10.4 Å². The number of thiazole rings is 1. The molecule has 0 aliphatic heterocycles. The van der Waals surface area contributed by atoms with Crippen molar-refractivity contribution in [3.05, 3.63) is 22.2 Å². The van der Waals surface area contributed by atoms with Gasteiger partial charge in [0.25, 0.3) is 0 Å². The number of nitrogens with one attached hydrogen (secondary N) is 1. The van der Waals surface area contributed by atoms with Gasteiger partial charge >= 0.3 is 5.97 Å². The average molecular weight is 282 g/mol. The Bertz CT molecular complexity index is 480. The van der Waals surface area contributed by atoms with Crippen molar-refractivity contribution in [2.24, 2.45) is 11.8 Å². The molecular formula is C13H18N2O3S. The second-order valence-corrected chi connectivity index (χ2v) is 5.62. The van der Waals surface area contributed by atoms with Crippen molar-refractivity contribution < 1.29 is 14.7 Å². The molecule has 5 nitrogen and oxygen atoms in total. The third kappa shape index (κ3) is 5.21. The summed E-state index contributed by atoms with van der Waals surface area (Å²) < 4.78 is 0. The van der Waals surface area contributed by atoms with E-state index >= 15 is 0 Å². The third-order valence-corrected chi connectivity index (χ3v) is 3.45. The molecule has 1 heterocycles. The lowest BCUT2D eigenvalue weighted by Crippen LogP contribution is -2.34. The van der Waals surface area contributed by atoms with Gasteiger partial charge in [-0.05, 0) is 18.9 Å². The number of hydrogen-bond acceptors (Lipinski definition) is 4. The van der Waals surface area contributed by atoms with E-state index in [1.54, 1.807) is 6.08 Å². The summed E-state index contributed by atoms with van der Waals surface area (Å²) >= 11 is 1.51. The molecule has 0 aromatic carbocycles. The highest BCUT2D eigenvalue weighted by Crippen LogP contribution is 2.10. The van der Waals surface area contributed by atoms with Crippen LogP contribution in [0.5, 0.6) is 0 Å². The van der Waals surface area contributed by atoms with Gasteiger partial charge in [0.05, 0.1) is 16.6 Å². The van der Waals surface area contributed by atoms with Crippen LogP contribution in [0.25, 0.3) is 6.08 Å². The Morgan fingerprint density at radius 2 is 2.21 bits per heavy atom. The minimum atomic E-state index is -0.894. The summed E-state index contributed by atoms with van der Waals surface area (Å²) in [7, 11) is 0. The number of amides is 1. The van der Waals surface area contributed by atoms with Crippen molar-refractivity contribution in [3.8, 4) is 0 Å². The fraction of sp³-hybridized carbons (Fsp3) is 0.462. The lowest BCUT2D eigenvalue weighted by atomic mass is 9.96. The topological polar surface area (TPSA) is 79.3 Å². The van der Waals surface area contributed by atoms with Gasteiger partial charge in [-0.3, -0.25) is 9.59 Å². The lowest BCUT2D eigenvalue weighted by molar-refractivity contribution is -0.143. The molecule has 0 aliphatic carbocycles. The Morgan fingerprint density at radius 3 is 2.68 bits per heavy atom. The molecule has 104 valence electrons. The number of carbonyl (C=O) groups excluding carboxylic acids is 1. The van der Waals surface area contributed by atoms with Gasteiger partial charge in [-0.1, -0.05) is 13.8 Å². The van der Waals surface area contributed by atoms with Gasteiger partial charge in [-0.25, -0.2) is 4.98 Å². The summed E-state index contributed by atoms with van der Waals surface area (Å²) in [6, 6.07) is 0. The summed E-state index contributed by atoms with van der Waals surface area (Å²) in [5, 5.41) is 14.4. The van der Waals surface area contributed by atoms with E-state index in [2.05, 4.69) is 10.3 Å². The predicted molar refractivity (Wildman–Crippen MR) is 74.9 cm³/mol. The molecule has 0 radical (unpaired) electrons. The Morgan fingerprint density at radius 1 is 1.53 bits per heavy atom. The van der Waals surface area contributed by atoms with Gasteiger partial charge in [-0.15, -0.1) is 11.3 Å². The molecular weight excluding hydrogens is 264 g/mol. The quantitative estimate of drug-likeness (QED) is 0.781. The number of nitrogens with zero attached hydrogens (tertiary/aromatic N) is 1. The predicted octanol–water partition coefficient (Wildman–Crippen LogP) is 1.94. The summed E-state index contributed by atoms with van der Waals surface area (Å²) in [4.78, 5) is 26.7. The number of carboxylic acid groups (broad SMARTS) is 1. The molecule has 1 unspecified atom stereocenters. The number of rotatable bonds is 6. The van der Waals surface area contributed by atoms with Crippen molar-refractivity contribution in [2.75, 3.05) is 6.54 Å². The highest BCUT2D eigenvalue weighted by molar-refractivity contribution is 7.09. The van der Waals surface area contributed by atoms with Crippen LogP contribution in [0, 0.1) is 18.8 Å². The van der Waals surface area contributed by atoms with Crippen molar-refractivity contribution in [1.82, 2.24) is 10.3 Å². The van der Waals surface area contributed by atoms with E-state index in [-0.39, 0.29) is 18.4 Å². The molecule has 0 fully saturated rings.